The zero-order valence-corrected chi connectivity index (χ0v) is 17.2. The van der Waals surface area contributed by atoms with E-state index in [9.17, 15) is 13.2 Å². The van der Waals surface area contributed by atoms with Crippen LogP contribution in [0.4, 0.5) is 0 Å². The minimum Gasteiger partial charge on any atom is -0.339 e. The van der Waals surface area contributed by atoms with Crippen molar-refractivity contribution in [2.75, 3.05) is 13.1 Å². The van der Waals surface area contributed by atoms with Crippen LogP contribution in [0, 0.1) is 0 Å². The van der Waals surface area contributed by atoms with Gasteiger partial charge in [0.05, 0.1) is 4.90 Å². The normalized spacial score (nSPS) is 12.6. The van der Waals surface area contributed by atoms with Crippen LogP contribution in [0.25, 0.3) is 11.1 Å². The molecule has 2 rings (SSSR count). The lowest BCUT2D eigenvalue weighted by Crippen LogP contribution is -2.31. The Balaban J connectivity index is 2.27. The average Bonchev–Trinajstić information content (AvgIpc) is 2.68. The van der Waals surface area contributed by atoms with Gasteiger partial charge in [0, 0.05) is 24.7 Å². The molecule has 0 spiro atoms. The molecule has 6 heteroatoms. The van der Waals surface area contributed by atoms with Crippen molar-refractivity contribution < 1.29 is 13.2 Å². The minimum atomic E-state index is -3.52. The smallest absolute Gasteiger partial charge is 0.253 e. The van der Waals surface area contributed by atoms with Crippen LogP contribution >= 0.6 is 0 Å². The highest BCUT2D eigenvalue weighted by molar-refractivity contribution is 7.89. The van der Waals surface area contributed by atoms with Gasteiger partial charge in [-0.05, 0) is 62.6 Å². The summed E-state index contributed by atoms with van der Waals surface area (Å²) in [4.78, 5) is 14.6. The van der Waals surface area contributed by atoms with E-state index in [1.54, 1.807) is 35.2 Å². The Morgan fingerprint density at radius 2 is 1.63 bits per heavy atom. The second-order valence-corrected chi connectivity index (χ2v) is 8.23. The summed E-state index contributed by atoms with van der Waals surface area (Å²) in [5.41, 5.74) is 2.38. The maximum Gasteiger partial charge on any atom is 0.253 e. The molecule has 0 radical (unpaired) electrons. The fourth-order valence-corrected chi connectivity index (χ4v) is 4.09. The van der Waals surface area contributed by atoms with Gasteiger partial charge < -0.3 is 4.90 Å². The van der Waals surface area contributed by atoms with Crippen LogP contribution in [0.15, 0.2) is 53.4 Å². The SMILES string of the molecule is CCC(C)NS(=O)(=O)c1ccc(-c2cccc(C(=O)N(CC)CC)c2)cc1. The van der Waals surface area contributed by atoms with Crippen molar-refractivity contribution >= 4 is 15.9 Å². The molecule has 2 aromatic rings. The van der Waals surface area contributed by atoms with Crippen LogP contribution in [0.3, 0.4) is 0 Å². The first-order valence-electron chi connectivity index (χ1n) is 9.34. The molecule has 0 saturated heterocycles. The highest BCUT2D eigenvalue weighted by Crippen LogP contribution is 2.23. The van der Waals surface area contributed by atoms with Crippen molar-refractivity contribution in [3.63, 3.8) is 0 Å². The van der Waals surface area contributed by atoms with Gasteiger partial charge in [0.15, 0.2) is 0 Å². The lowest BCUT2D eigenvalue weighted by Gasteiger charge is -2.19. The molecular weight excluding hydrogens is 360 g/mol. The third-order valence-electron chi connectivity index (χ3n) is 4.63. The van der Waals surface area contributed by atoms with E-state index >= 15 is 0 Å². The largest absolute Gasteiger partial charge is 0.339 e. The second-order valence-electron chi connectivity index (χ2n) is 6.51. The van der Waals surface area contributed by atoms with E-state index in [0.717, 1.165) is 17.5 Å². The molecule has 0 fully saturated rings. The van der Waals surface area contributed by atoms with E-state index in [2.05, 4.69) is 4.72 Å². The lowest BCUT2D eigenvalue weighted by molar-refractivity contribution is 0.0773. The third kappa shape index (κ3) is 5.17. The summed E-state index contributed by atoms with van der Waals surface area (Å²) in [6, 6.07) is 14.0. The number of carbonyl (C=O) groups excluding carboxylic acids is 1. The van der Waals surface area contributed by atoms with Crippen molar-refractivity contribution in [1.82, 2.24) is 9.62 Å². The third-order valence-corrected chi connectivity index (χ3v) is 6.23. The first-order chi connectivity index (χ1) is 12.8. The molecule has 27 heavy (non-hydrogen) atoms. The fraction of sp³-hybridized carbons (Fsp3) is 0.381. The van der Waals surface area contributed by atoms with Gasteiger partial charge >= 0.3 is 0 Å². The molecule has 1 unspecified atom stereocenters. The van der Waals surface area contributed by atoms with Gasteiger partial charge in [0.25, 0.3) is 5.91 Å². The molecule has 0 bridgehead atoms. The van der Waals surface area contributed by atoms with Gasteiger partial charge in [-0.15, -0.1) is 0 Å². The van der Waals surface area contributed by atoms with E-state index < -0.39 is 10.0 Å². The van der Waals surface area contributed by atoms with Gasteiger partial charge in [-0.2, -0.15) is 0 Å². The fourth-order valence-electron chi connectivity index (χ4n) is 2.77. The highest BCUT2D eigenvalue weighted by atomic mass is 32.2. The Kier molecular flexibility index (Phi) is 7.16. The molecule has 0 aliphatic carbocycles. The predicted octanol–water partition coefficient (Wildman–Crippen LogP) is 3.91. The van der Waals surface area contributed by atoms with Crippen LogP contribution in [0.2, 0.25) is 0 Å². The maximum absolute atomic E-state index is 12.5. The van der Waals surface area contributed by atoms with E-state index in [-0.39, 0.29) is 16.8 Å². The molecule has 0 aromatic heterocycles. The minimum absolute atomic E-state index is 0.00111. The Labute approximate surface area is 162 Å². The molecule has 146 valence electrons. The molecule has 2 aromatic carbocycles. The quantitative estimate of drug-likeness (QED) is 0.745. The zero-order valence-electron chi connectivity index (χ0n) is 16.4. The van der Waals surface area contributed by atoms with Crippen LogP contribution in [0.1, 0.15) is 44.5 Å². The summed E-state index contributed by atoms with van der Waals surface area (Å²) in [5.74, 6) is -0.00111. The highest BCUT2D eigenvalue weighted by Gasteiger charge is 2.17. The van der Waals surface area contributed by atoms with E-state index in [1.165, 1.54) is 0 Å². The van der Waals surface area contributed by atoms with E-state index in [0.29, 0.717) is 18.7 Å². The number of nitrogens with zero attached hydrogens (tertiary/aromatic N) is 1. The van der Waals surface area contributed by atoms with E-state index in [4.69, 9.17) is 0 Å². The summed E-state index contributed by atoms with van der Waals surface area (Å²) < 4.78 is 27.4. The van der Waals surface area contributed by atoms with Gasteiger partial charge in [0.2, 0.25) is 10.0 Å². The first-order valence-corrected chi connectivity index (χ1v) is 10.8. The van der Waals surface area contributed by atoms with Gasteiger partial charge in [-0.25, -0.2) is 13.1 Å². The summed E-state index contributed by atoms with van der Waals surface area (Å²) in [5, 5.41) is 0. The zero-order chi connectivity index (χ0) is 20.0. The number of hydrogen-bond acceptors (Lipinski definition) is 3. The Morgan fingerprint density at radius 3 is 2.19 bits per heavy atom. The number of carbonyl (C=O) groups is 1. The Bertz CT molecular complexity index is 873. The lowest BCUT2D eigenvalue weighted by atomic mass is 10.0. The summed E-state index contributed by atoms with van der Waals surface area (Å²) in [6.45, 7) is 9.01. The summed E-state index contributed by atoms with van der Waals surface area (Å²) >= 11 is 0. The number of rotatable bonds is 8. The molecule has 0 aliphatic rings. The van der Waals surface area contributed by atoms with Gasteiger partial charge in [-0.1, -0.05) is 31.2 Å². The average molecular weight is 389 g/mol. The van der Waals surface area contributed by atoms with Gasteiger partial charge in [-0.3, -0.25) is 4.79 Å². The molecule has 1 amide bonds. The number of benzene rings is 2. The summed E-state index contributed by atoms with van der Waals surface area (Å²) in [7, 11) is -3.52. The van der Waals surface area contributed by atoms with Crippen LogP contribution < -0.4 is 4.72 Å². The Morgan fingerprint density at radius 1 is 1.00 bits per heavy atom. The van der Waals surface area contributed by atoms with Crippen molar-refractivity contribution in [1.29, 1.82) is 0 Å². The molecule has 0 saturated carbocycles. The molecule has 5 nitrogen and oxygen atoms in total. The van der Waals surface area contributed by atoms with Crippen molar-refractivity contribution in [2.24, 2.45) is 0 Å². The van der Waals surface area contributed by atoms with Crippen LogP contribution in [-0.2, 0) is 10.0 Å². The standard InChI is InChI=1S/C21H28N2O3S/c1-5-16(4)22-27(25,26)20-13-11-17(12-14-20)18-9-8-10-19(15-18)21(24)23(6-2)7-3/h8-16,22H,5-7H2,1-4H3. The Hall–Kier alpha value is -2.18. The van der Waals surface area contributed by atoms with Gasteiger partial charge in [0.1, 0.15) is 0 Å². The number of sulfonamides is 1. The van der Waals surface area contributed by atoms with Crippen LogP contribution in [0.5, 0.6) is 0 Å². The molecule has 1 atom stereocenters. The molecular formula is C21H28N2O3S. The van der Waals surface area contributed by atoms with Crippen molar-refractivity contribution in [3.8, 4) is 11.1 Å². The predicted molar refractivity (Wildman–Crippen MR) is 109 cm³/mol. The number of amides is 1. The van der Waals surface area contributed by atoms with E-state index in [1.807, 2.05) is 45.9 Å². The monoisotopic (exact) mass is 388 g/mol. The van der Waals surface area contributed by atoms with Crippen molar-refractivity contribution in [2.45, 2.75) is 45.1 Å². The number of hydrogen-bond donors (Lipinski definition) is 1. The maximum atomic E-state index is 12.5. The van der Waals surface area contributed by atoms with Crippen LogP contribution in [-0.4, -0.2) is 38.4 Å². The van der Waals surface area contributed by atoms with Crippen molar-refractivity contribution in [3.05, 3.63) is 54.1 Å². The molecule has 0 heterocycles. The molecule has 0 aliphatic heterocycles. The number of nitrogens with one attached hydrogen (secondary N) is 1. The molecule has 1 N–H and O–H groups in total. The first kappa shape index (κ1) is 21.1. The summed E-state index contributed by atoms with van der Waals surface area (Å²) in [6.07, 6.45) is 0.727. The second kappa shape index (κ2) is 9.15. The topological polar surface area (TPSA) is 66.5 Å².